The largest absolute Gasteiger partial charge is 0.459 e. The number of aliphatic hydroxyl groups excluding tert-OH is 1. The van der Waals surface area contributed by atoms with Crippen LogP contribution in [0.15, 0.2) is 65.8 Å². The van der Waals surface area contributed by atoms with Crippen LogP contribution in [0, 0.1) is 0 Å². The molecule has 0 spiro atoms. The molecule has 0 radical (unpaired) electrons. The summed E-state index contributed by atoms with van der Waals surface area (Å²) in [5, 5.41) is 14.5. The van der Waals surface area contributed by atoms with Crippen molar-refractivity contribution < 1.29 is 28.9 Å². The summed E-state index contributed by atoms with van der Waals surface area (Å²) in [4.78, 5) is 27.6. The van der Waals surface area contributed by atoms with Crippen molar-refractivity contribution in [3.8, 4) is 0 Å². The van der Waals surface area contributed by atoms with Crippen LogP contribution in [0.3, 0.4) is 0 Å². The minimum absolute atomic E-state index is 0.270. The van der Waals surface area contributed by atoms with E-state index in [9.17, 15) is 14.7 Å². The molecular formula is C21H21N3O6S. The van der Waals surface area contributed by atoms with Crippen LogP contribution in [0.2, 0.25) is 0 Å². The van der Waals surface area contributed by atoms with E-state index in [0.29, 0.717) is 5.56 Å². The molecule has 0 saturated carbocycles. The van der Waals surface area contributed by atoms with E-state index >= 15 is 0 Å². The molecule has 1 heterocycles. The van der Waals surface area contributed by atoms with Gasteiger partial charge in [-0.2, -0.15) is 0 Å². The molecule has 0 aromatic heterocycles. The zero-order valence-electron chi connectivity index (χ0n) is 16.6. The van der Waals surface area contributed by atoms with Crippen LogP contribution in [-0.4, -0.2) is 59.7 Å². The second-order valence-corrected chi connectivity index (χ2v) is 7.60. The first-order valence-corrected chi connectivity index (χ1v) is 10.7. The van der Waals surface area contributed by atoms with Crippen molar-refractivity contribution in [1.82, 2.24) is 0 Å². The second-order valence-electron chi connectivity index (χ2n) is 6.67. The Balaban J connectivity index is 1.76. The molecule has 10 heteroatoms. The van der Waals surface area contributed by atoms with Crippen molar-refractivity contribution in [2.75, 3.05) is 12.9 Å². The maximum Gasteiger partial charge on any atom is 0.338 e. The molecule has 3 unspecified atom stereocenters. The third-order valence-electron chi connectivity index (χ3n) is 4.70. The molecule has 2 aromatic carbocycles. The number of benzene rings is 2. The topological polar surface area (TPSA) is 131 Å². The van der Waals surface area contributed by atoms with Gasteiger partial charge in [-0.05, 0) is 36.1 Å². The van der Waals surface area contributed by atoms with Gasteiger partial charge in [0.2, 0.25) is 0 Å². The standard InChI is InChI=1S/C21H21N3O6S/c1-31-21-16(23-24-22)18(30-20(27)14-10-6-3-7-11-14)17(25)15(29-21)12-28-19(26)13-8-4-2-5-9-13/h2-11,15-18,21,25H,12H2,1H3/t15?,16?,17-,18?,21+/m1/s1. The van der Waals surface area contributed by atoms with E-state index in [1.807, 2.05) is 0 Å². The van der Waals surface area contributed by atoms with Gasteiger partial charge in [0.05, 0.1) is 11.1 Å². The Kier molecular flexibility index (Phi) is 7.91. The normalized spacial score (nSPS) is 25.2. The molecule has 9 nitrogen and oxygen atoms in total. The van der Waals surface area contributed by atoms with E-state index < -0.39 is 41.7 Å². The quantitative estimate of drug-likeness (QED) is 0.301. The minimum atomic E-state index is -1.38. The molecule has 1 saturated heterocycles. The average Bonchev–Trinajstić information content (AvgIpc) is 2.81. The lowest BCUT2D eigenvalue weighted by Gasteiger charge is -2.41. The Morgan fingerprint density at radius 3 is 2.23 bits per heavy atom. The highest BCUT2D eigenvalue weighted by Crippen LogP contribution is 2.32. The van der Waals surface area contributed by atoms with E-state index in [1.165, 1.54) is 11.8 Å². The number of aliphatic hydroxyl groups is 1. The fourth-order valence-corrected chi connectivity index (χ4v) is 3.88. The highest BCUT2D eigenvalue weighted by Gasteiger charge is 2.47. The number of azide groups is 1. The van der Waals surface area contributed by atoms with Crippen LogP contribution >= 0.6 is 11.8 Å². The SMILES string of the molecule is CS[C@@H]1OC(COC(=O)c2ccccc2)[C@@H](O)C(OC(=O)c2ccccc2)C1N=[N+]=[N-]. The smallest absolute Gasteiger partial charge is 0.338 e. The predicted molar refractivity (Wildman–Crippen MR) is 113 cm³/mol. The average molecular weight is 443 g/mol. The predicted octanol–water partition coefficient (Wildman–Crippen LogP) is 3.20. The van der Waals surface area contributed by atoms with Crippen molar-refractivity contribution >= 4 is 23.7 Å². The van der Waals surface area contributed by atoms with Gasteiger partial charge in [0.25, 0.3) is 0 Å². The zero-order chi connectivity index (χ0) is 22.2. The second kappa shape index (κ2) is 10.8. The molecule has 1 N–H and O–H groups in total. The zero-order valence-corrected chi connectivity index (χ0v) is 17.4. The molecule has 0 aliphatic carbocycles. The molecule has 31 heavy (non-hydrogen) atoms. The lowest BCUT2D eigenvalue weighted by Crippen LogP contribution is -2.58. The molecule has 162 valence electrons. The number of hydrogen-bond acceptors (Lipinski definition) is 8. The van der Waals surface area contributed by atoms with E-state index in [4.69, 9.17) is 19.7 Å². The number of rotatable bonds is 7. The van der Waals surface area contributed by atoms with Crippen LogP contribution in [0.1, 0.15) is 20.7 Å². The van der Waals surface area contributed by atoms with Gasteiger partial charge in [0.15, 0.2) is 0 Å². The van der Waals surface area contributed by atoms with Crippen LogP contribution in [0.5, 0.6) is 0 Å². The number of ether oxygens (including phenoxy) is 3. The maximum atomic E-state index is 12.6. The van der Waals surface area contributed by atoms with E-state index in [2.05, 4.69) is 10.0 Å². The van der Waals surface area contributed by atoms with E-state index in [0.717, 1.165) is 0 Å². The number of nitrogens with zero attached hydrogens (tertiary/aromatic N) is 3. The first-order valence-electron chi connectivity index (χ1n) is 9.44. The highest BCUT2D eigenvalue weighted by molar-refractivity contribution is 7.99. The Labute approximate surface area is 182 Å². The Morgan fingerprint density at radius 2 is 1.68 bits per heavy atom. The Bertz CT molecular complexity index is 939. The van der Waals surface area contributed by atoms with Crippen molar-refractivity contribution in [3.63, 3.8) is 0 Å². The molecule has 2 aromatic rings. The Morgan fingerprint density at radius 1 is 1.10 bits per heavy atom. The van der Waals surface area contributed by atoms with Crippen LogP contribution in [0.25, 0.3) is 10.4 Å². The fraction of sp³-hybridized carbons (Fsp3) is 0.333. The lowest BCUT2D eigenvalue weighted by atomic mass is 9.98. The maximum absolute atomic E-state index is 12.6. The van der Waals surface area contributed by atoms with Gasteiger partial charge in [0.1, 0.15) is 36.4 Å². The van der Waals surface area contributed by atoms with Crippen molar-refractivity contribution in [2.45, 2.75) is 29.8 Å². The summed E-state index contributed by atoms with van der Waals surface area (Å²) < 4.78 is 16.6. The molecule has 3 rings (SSSR count). The van der Waals surface area contributed by atoms with E-state index in [-0.39, 0.29) is 12.2 Å². The van der Waals surface area contributed by atoms with E-state index in [1.54, 1.807) is 66.9 Å². The fourth-order valence-electron chi connectivity index (χ4n) is 3.14. The van der Waals surface area contributed by atoms with Crippen molar-refractivity contribution in [3.05, 3.63) is 82.2 Å². The van der Waals surface area contributed by atoms with Gasteiger partial charge in [-0.1, -0.05) is 41.5 Å². The molecule has 5 atom stereocenters. The van der Waals surface area contributed by atoms with Crippen LogP contribution in [0.4, 0.5) is 0 Å². The number of carbonyl (C=O) groups excluding carboxylic acids is 2. The third kappa shape index (κ3) is 5.56. The summed E-state index contributed by atoms with van der Waals surface area (Å²) in [5.74, 6) is -1.25. The monoisotopic (exact) mass is 443 g/mol. The van der Waals surface area contributed by atoms with Crippen LogP contribution < -0.4 is 0 Å². The summed E-state index contributed by atoms with van der Waals surface area (Å²) in [7, 11) is 0. The third-order valence-corrected chi connectivity index (χ3v) is 5.55. The minimum Gasteiger partial charge on any atom is -0.459 e. The molecule has 1 aliphatic rings. The highest BCUT2D eigenvalue weighted by atomic mass is 32.2. The summed E-state index contributed by atoms with van der Waals surface area (Å²) >= 11 is 1.23. The van der Waals surface area contributed by atoms with Crippen LogP contribution in [-0.2, 0) is 14.2 Å². The first kappa shape index (κ1) is 22.6. The molecule has 1 aliphatic heterocycles. The Hall–Kier alpha value is -3.04. The molecule has 0 amide bonds. The summed E-state index contributed by atoms with van der Waals surface area (Å²) in [6, 6.07) is 15.7. The van der Waals surface area contributed by atoms with Gasteiger partial charge < -0.3 is 19.3 Å². The number of hydrogen-bond donors (Lipinski definition) is 1. The molecule has 0 bridgehead atoms. The number of esters is 2. The van der Waals surface area contributed by atoms with Crippen molar-refractivity contribution in [1.29, 1.82) is 0 Å². The van der Waals surface area contributed by atoms with Gasteiger partial charge in [-0.15, -0.1) is 11.8 Å². The summed E-state index contributed by atoms with van der Waals surface area (Å²) in [6.45, 7) is -0.270. The first-order chi connectivity index (χ1) is 15.0. The van der Waals surface area contributed by atoms with Gasteiger partial charge in [0, 0.05) is 4.91 Å². The van der Waals surface area contributed by atoms with Crippen molar-refractivity contribution in [2.24, 2.45) is 5.11 Å². The van der Waals surface area contributed by atoms with Gasteiger partial charge in [-0.3, -0.25) is 0 Å². The molecular weight excluding hydrogens is 422 g/mol. The molecule has 1 fully saturated rings. The summed E-state index contributed by atoms with van der Waals surface area (Å²) in [6.07, 6.45) is -1.82. The lowest BCUT2D eigenvalue weighted by molar-refractivity contribution is -0.167. The number of carbonyl (C=O) groups is 2. The van der Waals surface area contributed by atoms with Gasteiger partial charge >= 0.3 is 11.9 Å². The number of thioether (sulfide) groups is 1. The summed E-state index contributed by atoms with van der Waals surface area (Å²) in [5.41, 5.74) is 8.88. The van der Waals surface area contributed by atoms with Gasteiger partial charge in [-0.25, -0.2) is 9.59 Å².